The maximum absolute atomic E-state index is 12.8. The average molecular weight is 417 g/mol. The second-order valence-corrected chi connectivity index (χ2v) is 9.09. The molecular weight excluding hydrogens is 392 g/mol. The monoisotopic (exact) mass is 416 g/mol. The van der Waals surface area contributed by atoms with Crippen molar-refractivity contribution in [2.75, 3.05) is 19.8 Å². The van der Waals surface area contributed by atoms with Crippen molar-refractivity contribution in [1.29, 1.82) is 0 Å². The molecule has 2 N–H and O–H groups in total. The Balaban J connectivity index is 1.64. The van der Waals surface area contributed by atoms with Gasteiger partial charge < -0.3 is 10.1 Å². The van der Waals surface area contributed by atoms with Crippen LogP contribution in [-0.4, -0.2) is 54.5 Å². The van der Waals surface area contributed by atoms with E-state index in [0.717, 1.165) is 11.0 Å². The number of sulfone groups is 1. The van der Waals surface area contributed by atoms with Crippen LogP contribution in [0.2, 0.25) is 0 Å². The summed E-state index contributed by atoms with van der Waals surface area (Å²) in [6.07, 6.45) is 8.64. The summed E-state index contributed by atoms with van der Waals surface area (Å²) in [5.74, 6) is -0.267. The van der Waals surface area contributed by atoms with Crippen molar-refractivity contribution in [1.82, 2.24) is 20.5 Å². The number of hydrogen-bond acceptors (Lipinski definition) is 6. The fraction of sp³-hybridized carbons (Fsp3) is 0.350. The van der Waals surface area contributed by atoms with E-state index in [0.29, 0.717) is 37.3 Å². The third kappa shape index (κ3) is 4.99. The van der Waals surface area contributed by atoms with Crippen molar-refractivity contribution >= 4 is 26.8 Å². The molecule has 1 aliphatic rings. The van der Waals surface area contributed by atoms with Crippen LogP contribution in [-0.2, 0) is 14.6 Å². The fourth-order valence-corrected chi connectivity index (χ4v) is 4.71. The molecule has 1 amide bonds. The lowest BCUT2D eigenvalue weighted by Crippen LogP contribution is -2.29. The first-order valence-electron chi connectivity index (χ1n) is 9.30. The summed E-state index contributed by atoms with van der Waals surface area (Å²) in [6, 6.07) is 1.70. The van der Waals surface area contributed by atoms with Gasteiger partial charge >= 0.3 is 0 Å². The van der Waals surface area contributed by atoms with Crippen LogP contribution in [0.15, 0.2) is 53.7 Å². The molecule has 0 spiro atoms. The number of ether oxygens (including phenoxy) is 1. The van der Waals surface area contributed by atoms with Gasteiger partial charge in [0.2, 0.25) is 0 Å². The molecule has 2 aromatic heterocycles. The number of pyridine rings is 1. The van der Waals surface area contributed by atoms with Crippen LogP contribution in [0.3, 0.4) is 0 Å². The zero-order valence-corrected chi connectivity index (χ0v) is 17.0. The molecule has 0 aromatic carbocycles. The van der Waals surface area contributed by atoms with Crippen LogP contribution in [0.1, 0.15) is 30.1 Å². The highest BCUT2D eigenvalue weighted by Gasteiger charge is 2.29. The number of carbonyl (C=O) groups is 1. The molecule has 0 aliphatic carbocycles. The number of aromatic amines is 1. The Kier molecular flexibility index (Phi) is 6.60. The number of allylic oxidation sites excluding steroid dienone is 3. The molecule has 0 unspecified atom stereocenters. The van der Waals surface area contributed by atoms with Gasteiger partial charge in [-0.05, 0) is 31.9 Å². The summed E-state index contributed by atoms with van der Waals surface area (Å²) in [4.78, 5) is 16.7. The highest BCUT2D eigenvalue weighted by Crippen LogP contribution is 2.23. The molecule has 0 saturated carbocycles. The normalized spacial score (nSPS) is 16.7. The molecule has 1 fully saturated rings. The second kappa shape index (κ2) is 9.15. The van der Waals surface area contributed by atoms with Crippen LogP contribution < -0.4 is 5.32 Å². The van der Waals surface area contributed by atoms with E-state index in [1.165, 1.54) is 12.3 Å². The predicted molar refractivity (Wildman–Crippen MR) is 111 cm³/mol. The van der Waals surface area contributed by atoms with E-state index < -0.39 is 15.1 Å². The van der Waals surface area contributed by atoms with E-state index >= 15 is 0 Å². The number of nitrogens with one attached hydrogen (secondary N) is 2. The zero-order valence-electron chi connectivity index (χ0n) is 16.2. The summed E-state index contributed by atoms with van der Waals surface area (Å²) in [5.41, 5.74) is 1.85. The minimum absolute atomic E-state index is 0.185. The standard InChI is InChI=1S/C20H24N4O4S/c1-3-17(29(26,27)18-6-8-28-9-7-18)5-4-14(2)11-22-20(25)16-10-15-13-23-24-19(15)21-12-16/h3-5,10,12-13,18H,1,6-9,11H2,2H3,(H,22,25)(H,21,23,24)/b14-4+,17-5+. The third-order valence-electron chi connectivity index (χ3n) is 4.75. The highest BCUT2D eigenvalue weighted by atomic mass is 32.2. The summed E-state index contributed by atoms with van der Waals surface area (Å²) >= 11 is 0. The molecule has 3 rings (SSSR count). The number of aromatic nitrogens is 3. The number of carbonyl (C=O) groups excluding carboxylic acids is 1. The lowest BCUT2D eigenvalue weighted by atomic mass is 10.2. The number of rotatable bonds is 7. The number of nitrogens with zero attached hydrogens (tertiary/aromatic N) is 2. The molecule has 9 heteroatoms. The van der Waals surface area contributed by atoms with E-state index in [4.69, 9.17) is 4.74 Å². The fourth-order valence-electron chi connectivity index (χ4n) is 3.02. The van der Waals surface area contributed by atoms with Gasteiger partial charge in [-0.15, -0.1) is 0 Å². The Bertz CT molecular complexity index is 1060. The largest absolute Gasteiger partial charge is 0.381 e. The van der Waals surface area contributed by atoms with Gasteiger partial charge in [0.25, 0.3) is 5.91 Å². The van der Waals surface area contributed by atoms with Gasteiger partial charge in [0, 0.05) is 31.3 Å². The molecule has 0 radical (unpaired) electrons. The molecule has 2 aromatic rings. The van der Waals surface area contributed by atoms with Crippen molar-refractivity contribution in [2.24, 2.45) is 0 Å². The molecule has 8 nitrogen and oxygen atoms in total. The summed E-state index contributed by atoms with van der Waals surface area (Å²) < 4.78 is 30.8. The maximum atomic E-state index is 12.8. The minimum atomic E-state index is -3.45. The highest BCUT2D eigenvalue weighted by molar-refractivity contribution is 7.96. The van der Waals surface area contributed by atoms with Crippen LogP contribution >= 0.6 is 0 Å². The Morgan fingerprint density at radius 2 is 2.10 bits per heavy atom. The van der Waals surface area contributed by atoms with Gasteiger partial charge in [-0.25, -0.2) is 13.4 Å². The first kappa shape index (κ1) is 20.9. The predicted octanol–water partition coefficient (Wildman–Crippen LogP) is 2.30. The van der Waals surface area contributed by atoms with E-state index in [-0.39, 0.29) is 17.4 Å². The molecule has 154 valence electrons. The van der Waals surface area contributed by atoms with Crippen molar-refractivity contribution in [3.05, 3.63) is 59.3 Å². The number of hydrogen-bond donors (Lipinski definition) is 2. The molecular formula is C20H24N4O4S. The van der Waals surface area contributed by atoms with E-state index in [1.54, 1.807) is 24.4 Å². The Labute approximate surface area is 169 Å². The van der Waals surface area contributed by atoms with Crippen LogP contribution in [0, 0.1) is 0 Å². The van der Waals surface area contributed by atoms with E-state index in [2.05, 4.69) is 27.1 Å². The average Bonchev–Trinajstić information content (AvgIpc) is 3.20. The quantitative estimate of drug-likeness (QED) is 0.670. The molecule has 0 bridgehead atoms. The molecule has 1 saturated heterocycles. The smallest absolute Gasteiger partial charge is 0.253 e. The number of fused-ring (bicyclic) bond motifs is 1. The molecule has 1 aliphatic heterocycles. The van der Waals surface area contributed by atoms with Gasteiger partial charge in [-0.3, -0.25) is 9.89 Å². The van der Waals surface area contributed by atoms with Crippen LogP contribution in [0.4, 0.5) is 0 Å². The van der Waals surface area contributed by atoms with Gasteiger partial charge in [-0.1, -0.05) is 24.3 Å². The SMILES string of the molecule is C=C/C(=C\C=C(/C)CNC(=O)c1cnc2[nH]ncc2c1)S(=O)(=O)C1CCOCC1. The molecule has 29 heavy (non-hydrogen) atoms. The summed E-state index contributed by atoms with van der Waals surface area (Å²) in [6.45, 7) is 6.64. The maximum Gasteiger partial charge on any atom is 0.253 e. The second-order valence-electron chi connectivity index (χ2n) is 6.86. The van der Waals surface area contributed by atoms with Crippen molar-refractivity contribution in [3.8, 4) is 0 Å². The molecule has 3 heterocycles. The number of amides is 1. The lowest BCUT2D eigenvalue weighted by Gasteiger charge is -2.22. The topological polar surface area (TPSA) is 114 Å². The Morgan fingerprint density at radius 1 is 1.34 bits per heavy atom. The first-order chi connectivity index (χ1) is 13.9. The zero-order chi connectivity index (χ0) is 20.9. The summed E-state index contributed by atoms with van der Waals surface area (Å²) in [7, 11) is -3.45. The summed E-state index contributed by atoms with van der Waals surface area (Å²) in [5, 5.41) is 9.72. The first-order valence-corrected chi connectivity index (χ1v) is 10.9. The number of H-pyrrole nitrogens is 1. The van der Waals surface area contributed by atoms with Crippen molar-refractivity contribution in [2.45, 2.75) is 25.0 Å². The third-order valence-corrected chi connectivity index (χ3v) is 7.06. The van der Waals surface area contributed by atoms with E-state index in [9.17, 15) is 13.2 Å². The minimum Gasteiger partial charge on any atom is -0.381 e. The van der Waals surface area contributed by atoms with Crippen molar-refractivity contribution < 1.29 is 17.9 Å². The van der Waals surface area contributed by atoms with Crippen LogP contribution in [0.25, 0.3) is 11.0 Å². The Morgan fingerprint density at radius 3 is 2.83 bits per heavy atom. The van der Waals surface area contributed by atoms with Gasteiger partial charge in [-0.2, -0.15) is 5.10 Å². The Hall–Kier alpha value is -2.78. The van der Waals surface area contributed by atoms with Crippen molar-refractivity contribution in [3.63, 3.8) is 0 Å². The van der Waals surface area contributed by atoms with Gasteiger partial charge in [0.1, 0.15) is 0 Å². The molecule has 0 atom stereocenters. The van der Waals surface area contributed by atoms with Crippen LogP contribution in [0.5, 0.6) is 0 Å². The van der Waals surface area contributed by atoms with Gasteiger partial charge in [0.15, 0.2) is 15.5 Å². The lowest BCUT2D eigenvalue weighted by molar-refractivity contribution is 0.0956. The van der Waals surface area contributed by atoms with E-state index in [1.807, 2.05) is 6.92 Å². The van der Waals surface area contributed by atoms with Gasteiger partial charge in [0.05, 0.1) is 21.9 Å².